The highest BCUT2D eigenvalue weighted by Gasteiger charge is 2.17. The smallest absolute Gasteiger partial charge is 0.325 e. The number of nitrogens with one attached hydrogen (secondary N) is 1. The number of carbonyl (C=O) groups excluding carboxylic acids is 2. The van der Waals surface area contributed by atoms with Gasteiger partial charge in [-0.15, -0.1) is 0 Å². The summed E-state index contributed by atoms with van der Waals surface area (Å²) in [6.07, 6.45) is 0. The van der Waals surface area contributed by atoms with Crippen LogP contribution in [-0.4, -0.2) is 24.0 Å². The lowest BCUT2D eigenvalue weighted by Gasteiger charge is -2.19. The van der Waals surface area contributed by atoms with Crippen LogP contribution in [0.2, 0.25) is 5.02 Å². The highest BCUT2D eigenvalue weighted by Crippen LogP contribution is 2.10. The number of esters is 1. The Morgan fingerprint density at radius 2 is 2.00 bits per heavy atom. The molecule has 98 valence electrons. The molecule has 0 atom stereocenters. The maximum atomic E-state index is 11.7. The van der Waals surface area contributed by atoms with Crippen LogP contribution in [0, 0.1) is 0 Å². The van der Waals surface area contributed by atoms with Gasteiger partial charge in [0.1, 0.15) is 12.1 Å². The summed E-state index contributed by atoms with van der Waals surface area (Å²) in [4.78, 5) is 23.1. The largest absolute Gasteiger partial charge is 0.459 e. The molecule has 0 saturated carbocycles. The van der Waals surface area contributed by atoms with Crippen molar-refractivity contribution in [2.24, 2.45) is 0 Å². The Morgan fingerprint density at radius 1 is 1.33 bits per heavy atom. The monoisotopic (exact) mass is 269 g/mol. The zero-order valence-corrected chi connectivity index (χ0v) is 11.4. The summed E-state index contributed by atoms with van der Waals surface area (Å²) in [7, 11) is 0. The number of benzene rings is 1. The van der Waals surface area contributed by atoms with Gasteiger partial charge in [-0.25, -0.2) is 0 Å². The molecule has 0 unspecified atom stereocenters. The molecule has 0 aromatic heterocycles. The van der Waals surface area contributed by atoms with E-state index >= 15 is 0 Å². The Hall–Kier alpha value is -1.55. The van der Waals surface area contributed by atoms with E-state index in [2.05, 4.69) is 5.32 Å². The highest BCUT2D eigenvalue weighted by molar-refractivity contribution is 6.30. The Balaban J connectivity index is 2.49. The quantitative estimate of drug-likeness (QED) is 0.858. The van der Waals surface area contributed by atoms with Crippen molar-refractivity contribution in [1.29, 1.82) is 0 Å². The first-order chi connectivity index (χ1) is 8.28. The van der Waals surface area contributed by atoms with Gasteiger partial charge in [-0.2, -0.15) is 0 Å². The Labute approximate surface area is 111 Å². The van der Waals surface area contributed by atoms with Crippen LogP contribution < -0.4 is 5.32 Å². The normalized spacial score (nSPS) is 10.9. The molecule has 0 aliphatic heterocycles. The molecule has 1 N–H and O–H groups in total. The molecule has 1 aromatic carbocycles. The van der Waals surface area contributed by atoms with E-state index in [0.717, 1.165) is 0 Å². The molecule has 1 rings (SSSR count). The van der Waals surface area contributed by atoms with Gasteiger partial charge in [0.05, 0.1) is 0 Å². The van der Waals surface area contributed by atoms with E-state index in [1.807, 2.05) is 0 Å². The van der Waals surface area contributed by atoms with Crippen molar-refractivity contribution in [2.45, 2.75) is 26.4 Å². The van der Waals surface area contributed by atoms with Gasteiger partial charge in [0.2, 0.25) is 0 Å². The summed E-state index contributed by atoms with van der Waals surface area (Å²) in [6.45, 7) is 5.14. The molecule has 0 aliphatic carbocycles. The number of hydrogen-bond donors (Lipinski definition) is 1. The molecular weight excluding hydrogens is 254 g/mol. The lowest BCUT2D eigenvalue weighted by atomic mass is 10.2. The van der Waals surface area contributed by atoms with Gasteiger partial charge in [0, 0.05) is 10.6 Å². The van der Waals surface area contributed by atoms with Gasteiger partial charge in [-0.05, 0) is 39.0 Å². The second-order valence-corrected chi connectivity index (χ2v) is 5.22. The van der Waals surface area contributed by atoms with Crippen LogP contribution in [0.4, 0.5) is 0 Å². The second kappa shape index (κ2) is 5.87. The van der Waals surface area contributed by atoms with E-state index in [1.54, 1.807) is 39.0 Å². The molecule has 18 heavy (non-hydrogen) atoms. The minimum Gasteiger partial charge on any atom is -0.459 e. The fraction of sp³-hybridized carbons (Fsp3) is 0.385. The van der Waals surface area contributed by atoms with Crippen molar-refractivity contribution < 1.29 is 14.3 Å². The predicted octanol–water partition coefficient (Wildman–Crippen LogP) is 2.41. The average molecular weight is 270 g/mol. The van der Waals surface area contributed by atoms with Crippen LogP contribution in [0.15, 0.2) is 24.3 Å². The van der Waals surface area contributed by atoms with Crippen molar-refractivity contribution >= 4 is 23.5 Å². The first-order valence-electron chi connectivity index (χ1n) is 5.53. The van der Waals surface area contributed by atoms with Crippen molar-refractivity contribution in [1.82, 2.24) is 5.32 Å². The Bertz CT molecular complexity index is 452. The van der Waals surface area contributed by atoms with Crippen molar-refractivity contribution in [2.75, 3.05) is 6.54 Å². The third-order valence-corrected chi connectivity index (χ3v) is 2.14. The minimum absolute atomic E-state index is 0.164. The molecule has 1 aromatic rings. The highest BCUT2D eigenvalue weighted by atomic mass is 35.5. The summed E-state index contributed by atoms with van der Waals surface area (Å²) >= 11 is 5.77. The van der Waals surface area contributed by atoms with Crippen molar-refractivity contribution in [3.63, 3.8) is 0 Å². The maximum absolute atomic E-state index is 11.7. The molecule has 1 amide bonds. The Morgan fingerprint density at radius 3 is 2.56 bits per heavy atom. The number of rotatable bonds is 3. The van der Waals surface area contributed by atoms with Crippen LogP contribution in [0.1, 0.15) is 31.1 Å². The van der Waals surface area contributed by atoms with Gasteiger partial charge in [-0.1, -0.05) is 17.7 Å². The summed E-state index contributed by atoms with van der Waals surface area (Å²) in [5.41, 5.74) is -0.149. The lowest BCUT2D eigenvalue weighted by Crippen LogP contribution is -2.34. The summed E-state index contributed by atoms with van der Waals surface area (Å²) in [5.74, 6) is -0.832. The fourth-order valence-corrected chi connectivity index (χ4v) is 1.45. The summed E-state index contributed by atoms with van der Waals surface area (Å²) in [6, 6.07) is 6.50. The molecule has 0 aliphatic rings. The van der Waals surface area contributed by atoms with Crippen LogP contribution in [0.3, 0.4) is 0 Å². The van der Waals surface area contributed by atoms with Gasteiger partial charge in [-0.3, -0.25) is 9.59 Å². The zero-order valence-electron chi connectivity index (χ0n) is 10.6. The van der Waals surface area contributed by atoms with Crippen molar-refractivity contribution in [3.8, 4) is 0 Å². The fourth-order valence-electron chi connectivity index (χ4n) is 1.26. The van der Waals surface area contributed by atoms with Gasteiger partial charge < -0.3 is 10.1 Å². The van der Waals surface area contributed by atoms with Crippen molar-refractivity contribution in [3.05, 3.63) is 34.9 Å². The van der Waals surface area contributed by atoms with E-state index in [0.29, 0.717) is 10.6 Å². The van der Waals surface area contributed by atoms with E-state index in [4.69, 9.17) is 16.3 Å². The molecule has 0 bridgehead atoms. The molecule has 4 nitrogen and oxygen atoms in total. The standard InChI is InChI=1S/C13H16ClNO3/c1-13(2,3)18-11(16)8-15-12(17)9-5-4-6-10(14)7-9/h4-7H,8H2,1-3H3,(H,15,17). The van der Waals surface area contributed by atoms with Crippen LogP contribution in [-0.2, 0) is 9.53 Å². The zero-order chi connectivity index (χ0) is 13.8. The summed E-state index contributed by atoms with van der Waals surface area (Å²) in [5, 5.41) is 2.95. The predicted molar refractivity (Wildman–Crippen MR) is 69.6 cm³/mol. The second-order valence-electron chi connectivity index (χ2n) is 4.78. The molecule has 5 heteroatoms. The number of halogens is 1. The first kappa shape index (κ1) is 14.5. The molecule has 0 fully saturated rings. The SMILES string of the molecule is CC(C)(C)OC(=O)CNC(=O)c1cccc(Cl)c1. The van der Waals surface area contributed by atoms with E-state index in [-0.39, 0.29) is 12.5 Å². The molecule has 0 heterocycles. The van der Waals surface area contributed by atoms with E-state index < -0.39 is 11.6 Å². The van der Waals surface area contributed by atoms with Crippen LogP contribution >= 0.6 is 11.6 Å². The third kappa shape index (κ3) is 5.19. The maximum Gasteiger partial charge on any atom is 0.325 e. The molecular formula is C13H16ClNO3. The van der Waals surface area contributed by atoms with E-state index in [9.17, 15) is 9.59 Å². The van der Waals surface area contributed by atoms with E-state index in [1.165, 1.54) is 6.07 Å². The third-order valence-electron chi connectivity index (χ3n) is 1.90. The van der Waals surface area contributed by atoms with Gasteiger partial charge in [0.25, 0.3) is 5.91 Å². The molecule has 0 radical (unpaired) electrons. The van der Waals surface area contributed by atoms with Crippen LogP contribution in [0.5, 0.6) is 0 Å². The number of carbonyl (C=O) groups is 2. The first-order valence-corrected chi connectivity index (χ1v) is 5.91. The Kier molecular flexibility index (Phi) is 4.73. The minimum atomic E-state index is -0.558. The topological polar surface area (TPSA) is 55.4 Å². The number of hydrogen-bond acceptors (Lipinski definition) is 3. The lowest BCUT2D eigenvalue weighted by molar-refractivity contribution is -0.153. The number of amides is 1. The van der Waals surface area contributed by atoms with Gasteiger partial charge in [0.15, 0.2) is 0 Å². The van der Waals surface area contributed by atoms with Gasteiger partial charge >= 0.3 is 5.97 Å². The molecule has 0 saturated heterocycles. The summed E-state index contributed by atoms with van der Waals surface area (Å²) < 4.78 is 5.07. The average Bonchev–Trinajstić information content (AvgIpc) is 2.23. The number of ether oxygens (including phenoxy) is 1. The molecule has 0 spiro atoms. The van der Waals surface area contributed by atoms with Crippen LogP contribution in [0.25, 0.3) is 0 Å².